The van der Waals surface area contributed by atoms with Gasteiger partial charge in [0, 0.05) is 6.61 Å². The molecule has 0 bridgehead atoms. The van der Waals surface area contributed by atoms with Crippen molar-refractivity contribution in [3.05, 3.63) is 35.9 Å². The van der Waals surface area contributed by atoms with Gasteiger partial charge in [-0.05, 0) is 25.8 Å². The first-order valence-corrected chi connectivity index (χ1v) is 6.27. The molecule has 2 unspecified atom stereocenters. The van der Waals surface area contributed by atoms with Crippen molar-refractivity contribution in [2.24, 2.45) is 5.73 Å². The van der Waals surface area contributed by atoms with Gasteiger partial charge in [-0.2, -0.15) is 0 Å². The van der Waals surface area contributed by atoms with Gasteiger partial charge in [-0.3, -0.25) is 4.79 Å². The van der Waals surface area contributed by atoms with Gasteiger partial charge in [-0.1, -0.05) is 30.3 Å². The van der Waals surface area contributed by atoms with Crippen molar-refractivity contribution >= 4 is 5.91 Å². The second-order valence-corrected chi connectivity index (χ2v) is 5.06. The van der Waals surface area contributed by atoms with Crippen molar-refractivity contribution < 1.29 is 9.53 Å². The lowest BCUT2D eigenvalue weighted by molar-refractivity contribution is -0.124. The van der Waals surface area contributed by atoms with E-state index in [1.54, 1.807) is 0 Å². The standard InChI is InChI=1S/C14H20N2O2/c1-10-14(2,8-9-18-10)16-13(17)12(15)11-6-4-3-5-7-11/h3-7,10,12H,8-9,15H2,1-2H3,(H,16,17)/t10?,12-,14?/m0/s1. The summed E-state index contributed by atoms with van der Waals surface area (Å²) in [5, 5.41) is 3.01. The largest absolute Gasteiger partial charge is 0.376 e. The van der Waals surface area contributed by atoms with Gasteiger partial charge in [0.05, 0.1) is 11.6 Å². The summed E-state index contributed by atoms with van der Waals surface area (Å²) < 4.78 is 5.50. The van der Waals surface area contributed by atoms with E-state index in [2.05, 4.69) is 5.32 Å². The zero-order valence-corrected chi connectivity index (χ0v) is 10.8. The summed E-state index contributed by atoms with van der Waals surface area (Å²) in [7, 11) is 0. The van der Waals surface area contributed by atoms with E-state index in [1.165, 1.54) is 0 Å². The monoisotopic (exact) mass is 248 g/mol. The fourth-order valence-corrected chi connectivity index (χ4v) is 2.17. The maximum Gasteiger partial charge on any atom is 0.242 e. The van der Waals surface area contributed by atoms with Crippen molar-refractivity contribution in [3.8, 4) is 0 Å². The van der Waals surface area contributed by atoms with Crippen LogP contribution >= 0.6 is 0 Å². The van der Waals surface area contributed by atoms with Crippen LogP contribution in [0.3, 0.4) is 0 Å². The molecule has 3 atom stereocenters. The van der Waals surface area contributed by atoms with E-state index in [9.17, 15) is 4.79 Å². The van der Waals surface area contributed by atoms with Crippen molar-refractivity contribution in [2.45, 2.75) is 38.0 Å². The molecule has 1 fully saturated rings. The van der Waals surface area contributed by atoms with Gasteiger partial charge in [0.2, 0.25) is 5.91 Å². The summed E-state index contributed by atoms with van der Waals surface area (Å²) >= 11 is 0. The maximum atomic E-state index is 12.2. The highest BCUT2D eigenvalue weighted by Gasteiger charge is 2.39. The van der Waals surface area contributed by atoms with Crippen LogP contribution in [-0.4, -0.2) is 24.2 Å². The first-order valence-electron chi connectivity index (χ1n) is 6.27. The highest BCUT2D eigenvalue weighted by Crippen LogP contribution is 2.25. The minimum atomic E-state index is -0.629. The number of carbonyl (C=O) groups is 1. The first-order chi connectivity index (χ1) is 8.53. The summed E-state index contributed by atoms with van der Waals surface area (Å²) in [5.74, 6) is -0.152. The Hall–Kier alpha value is -1.39. The maximum absolute atomic E-state index is 12.2. The predicted octanol–water partition coefficient (Wildman–Crippen LogP) is 1.37. The third-order valence-electron chi connectivity index (χ3n) is 3.74. The van der Waals surface area contributed by atoms with Gasteiger partial charge in [0.25, 0.3) is 0 Å². The fraction of sp³-hybridized carbons (Fsp3) is 0.500. The Balaban J connectivity index is 2.04. The number of nitrogens with one attached hydrogen (secondary N) is 1. The van der Waals surface area contributed by atoms with Gasteiger partial charge in [0.1, 0.15) is 6.04 Å². The molecule has 4 heteroatoms. The number of ether oxygens (including phenoxy) is 1. The molecule has 0 radical (unpaired) electrons. The van der Waals surface area contributed by atoms with Crippen LogP contribution < -0.4 is 11.1 Å². The van der Waals surface area contributed by atoms with Crippen LogP contribution in [-0.2, 0) is 9.53 Å². The lowest BCUT2D eigenvalue weighted by atomic mass is 9.93. The Labute approximate surface area is 108 Å². The van der Waals surface area contributed by atoms with E-state index in [1.807, 2.05) is 44.2 Å². The van der Waals surface area contributed by atoms with E-state index >= 15 is 0 Å². The Bertz CT molecular complexity index is 421. The molecule has 0 saturated carbocycles. The van der Waals surface area contributed by atoms with Crippen LogP contribution in [0.15, 0.2) is 30.3 Å². The van der Waals surface area contributed by atoms with Gasteiger partial charge in [-0.25, -0.2) is 0 Å². The number of amides is 1. The number of benzene rings is 1. The van der Waals surface area contributed by atoms with Gasteiger partial charge in [0.15, 0.2) is 0 Å². The van der Waals surface area contributed by atoms with Crippen molar-refractivity contribution in [3.63, 3.8) is 0 Å². The lowest BCUT2D eigenvalue weighted by Gasteiger charge is -2.30. The first kappa shape index (κ1) is 13.1. The molecule has 1 heterocycles. The normalized spacial score (nSPS) is 28.9. The average Bonchev–Trinajstić information content (AvgIpc) is 2.69. The molecule has 0 aliphatic carbocycles. The molecule has 18 heavy (non-hydrogen) atoms. The Kier molecular flexibility index (Phi) is 3.68. The van der Waals surface area contributed by atoms with Gasteiger partial charge in [-0.15, -0.1) is 0 Å². The third-order valence-corrected chi connectivity index (χ3v) is 3.74. The molecule has 3 N–H and O–H groups in total. The van der Waals surface area contributed by atoms with Crippen molar-refractivity contribution in [1.29, 1.82) is 0 Å². The molecule has 1 saturated heterocycles. The quantitative estimate of drug-likeness (QED) is 0.849. The van der Waals surface area contributed by atoms with Crippen molar-refractivity contribution in [1.82, 2.24) is 5.32 Å². The SMILES string of the molecule is CC1OCCC1(C)NC(=O)[C@@H](N)c1ccccc1. The minimum absolute atomic E-state index is 0.0180. The van der Waals surface area contributed by atoms with Crippen LogP contribution in [0.5, 0.6) is 0 Å². The van der Waals surface area contributed by atoms with E-state index in [-0.39, 0.29) is 17.6 Å². The topological polar surface area (TPSA) is 64.3 Å². The van der Waals surface area contributed by atoms with Crippen molar-refractivity contribution in [2.75, 3.05) is 6.61 Å². The van der Waals surface area contributed by atoms with Gasteiger partial charge >= 0.3 is 0 Å². The van der Waals surface area contributed by atoms with Crippen LogP contribution in [0.1, 0.15) is 31.9 Å². The summed E-state index contributed by atoms with van der Waals surface area (Å²) in [6.07, 6.45) is 0.839. The Morgan fingerprint density at radius 3 is 2.72 bits per heavy atom. The Morgan fingerprint density at radius 2 is 2.17 bits per heavy atom. The zero-order chi connectivity index (χ0) is 13.2. The summed E-state index contributed by atoms with van der Waals surface area (Å²) in [4.78, 5) is 12.2. The zero-order valence-electron chi connectivity index (χ0n) is 10.8. The van der Waals surface area contributed by atoms with E-state index < -0.39 is 6.04 Å². The predicted molar refractivity (Wildman–Crippen MR) is 69.9 cm³/mol. The minimum Gasteiger partial charge on any atom is -0.376 e. The molecular weight excluding hydrogens is 228 g/mol. The number of rotatable bonds is 3. The van der Waals surface area contributed by atoms with Crippen LogP contribution in [0.4, 0.5) is 0 Å². The average molecular weight is 248 g/mol. The number of hydrogen-bond donors (Lipinski definition) is 2. The molecule has 4 nitrogen and oxygen atoms in total. The fourth-order valence-electron chi connectivity index (χ4n) is 2.17. The summed E-state index contributed by atoms with van der Waals surface area (Å²) in [6.45, 7) is 4.65. The molecular formula is C14H20N2O2. The van der Waals surface area contributed by atoms with Crippen LogP contribution in [0.2, 0.25) is 0 Å². The second kappa shape index (κ2) is 5.08. The molecule has 1 aromatic carbocycles. The number of carbonyl (C=O) groups excluding carboxylic acids is 1. The molecule has 1 aliphatic heterocycles. The van der Waals surface area contributed by atoms with E-state index in [0.29, 0.717) is 6.61 Å². The molecule has 1 aliphatic rings. The molecule has 2 rings (SSSR count). The number of hydrogen-bond acceptors (Lipinski definition) is 3. The van der Waals surface area contributed by atoms with Crippen LogP contribution in [0.25, 0.3) is 0 Å². The molecule has 98 valence electrons. The van der Waals surface area contributed by atoms with Gasteiger partial charge < -0.3 is 15.8 Å². The van der Waals surface area contributed by atoms with E-state index in [4.69, 9.17) is 10.5 Å². The summed E-state index contributed by atoms with van der Waals surface area (Å²) in [5.41, 5.74) is 6.48. The highest BCUT2D eigenvalue weighted by atomic mass is 16.5. The molecule has 0 spiro atoms. The molecule has 0 aromatic heterocycles. The molecule has 1 aromatic rings. The Morgan fingerprint density at radius 1 is 1.50 bits per heavy atom. The lowest BCUT2D eigenvalue weighted by Crippen LogP contribution is -2.53. The summed E-state index contributed by atoms with van der Waals surface area (Å²) in [6, 6.07) is 8.76. The second-order valence-electron chi connectivity index (χ2n) is 5.06. The third kappa shape index (κ3) is 2.54. The smallest absolute Gasteiger partial charge is 0.242 e. The van der Waals surface area contributed by atoms with Crippen LogP contribution in [0, 0.1) is 0 Å². The number of nitrogens with two attached hydrogens (primary N) is 1. The highest BCUT2D eigenvalue weighted by molar-refractivity contribution is 5.83. The molecule has 1 amide bonds. The van der Waals surface area contributed by atoms with E-state index in [0.717, 1.165) is 12.0 Å².